The van der Waals surface area contributed by atoms with Gasteiger partial charge < -0.3 is 13.0 Å². The number of unbranched alkanes of at least 4 members (excludes halogenated alkanes) is 1. The van der Waals surface area contributed by atoms with Crippen molar-refractivity contribution in [2.24, 2.45) is 0 Å². The lowest BCUT2D eigenvalue weighted by Crippen LogP contribution is -2.52. The molecule has 0 unspecified atom stereocenters. The highest BCUT2D eigenvalue weighted by molar-refractivity contribution is 6.87. The summed E-state index contributed by atoms with van der Waals surface area (Å²) in [7, 11) is -5.38. The number of rotatable bonds is 10. The molecule has 0 aromatic carbocycles. The molecule has 0 N–H and O–H groups in total. The fraction of sp³-hybridized carbons (Fsp3) is 0.929. The maximum absolute atomic E-state index is 11.4. The molecule has 0 fully saturated rings. The molecule has 0 aliphatic rings. The molecule has 0 aromatic heterocycles. The summed E-state index contributed by atoms with van der Waals surface area (Å²) < 4.78 is 17.8. The minimum Gasteiger partial charge on any atom is -0.466 e. The van der Waals surface area contributed by atoms with Gasteiger partial charge in [0.15, 0.2) is 16.6 Å². The van der Waals surface area contributed by atoms with Gasteiger partial charge in [-0.3, -0.25) is 4.79 Å². The van der Waals surface area contributed by atoms with E-state index in [1.165, 1.54) is 0 Å². The second-order valence-electron chi connectivity index (χ2n) is 7.57. The number of hydrogen-bond acceptors (Lipinski definition) is 4. The van der Waals surface area contributed by atoms with E-state index in [0.717, 1.165) is 18.9 Å². The normalized spacial score (nSPS) is 13.3. The Labute approximate surface area is 134 Å². The molecule has 0 radical (unpaired) electrons. The fourth-order valence-corrected chi connectivity index (χ4v) is 15.0. The fourth-order valence-electron chi connectivity index (χ4n) is 2.37. The van der Waals surface area contributed by atoms with Crippen LogP contribution in [0.15, 0.2) is 0 Å². The van der Waals surface area contributed by atoms with E-state index < -0.39 is 25.2 Å². The standard InChI is InChI=1S/C14H34O4Si3/c1-9-16-14(15)12-10-11-13-21(8,17-19(2,3)4)18-20(5,6)7/h9-13H2,1-8H3. The first-order chi connectivity index (χ1) is 9.37. The first-order valence-corrected chi connectivity index (χ1v) is 17.3. The SMILES string of the molecule is CCOC(=O)CCCC[Si](C)(O[Si](C)(C)C)O[Si](C)(C)C. The van der Waals surface area contributed by atoms with Gasteiger partial charge in [-0.15, -0.1) is 0 Å². The second-order valence-corrected chi connectivity index (χ2v) is 20.4. The molecule has 7 heteroatoms. The van der Waals surface area contributed by atoms with E-state index in [1.54, 1.807) is 0 Å². The third kappa shape index (κ3) is 12.3. The molecule has 126 valence electrons. The van der Waals surface area contributed by atoms with Gasteiger partial charge in [-0.2, -0.15) is 0 Å². The Kier molecular flexibility index (Phi) is 8.63. The molecule has 0 aromatic rings. The van der Waals surface area contributed by atoms with Crippen LogP contribution < -0.4 is 0 Å². The molecule has 0 saturated heterocycles. The molecular formula is C14H34O4Si3. The molecule has 0 aliphatic carbocycles. The third-order valence-electron chi connectivity index (χ3n) is 2.61. The molecule has 0 aliphatic heterocycles. The summed E-state index contributed by atoms with van der Waals surface area (Å²) >= 11 is 0. The van der Waals surface area contributed by atoms with Crippen molar-refractivity contribution in [2.45, 2.75) is 78.1 Å². The second kappa shape index (κ2) is 8.62. The van der Waals surface area contributed by atoms with E-state index >= 15 is 0 Å². The van der Waals surface area contributed by atoms with E-state index in [-0.39, 0.29) is 5.97 Å². The summed E-state index contributed by atoms with van der Waals surface area (Å²) in [6.45, 7) is 17.8. The molecule has 0 saturated carbocycles. The van der Waals surface area contributed by atoms with Crippen molar-refractivity contribution in [2.75, 3.05) is 6.61 Å². The molecular weight excluding hydrogens is 316 g/mol. The third-order valence-corrected chi connectivity index (χ3v) is 12.2. The summed E-state index contributed by atoms with van der Waals surface area (Å²) in [5, 5.41) is 0. The summed E-state index contributed by atoms with van der Waals surface area (Å²) in [4.78, 5) is 11.4. The average molecular weight is 351 g/mol. The summed E-state index contributed by atoms with van der Waals surface area (Å²) in [6, 6.07) is 0.959. The monoisotopic (exact) mass is 350 g/mol. The smallest absolute Gasteiger partial charge is 0.314 e. The summed E-state index contributed by atoms with van der Waals surface area (Å²) in [5.41, 5.74) is 0. The predicted octanol–water partition coefficient (Wildman–Crippen LogP) is 4.49. The summed E-state index contributed by atoms with van der Waals surface area (Å²) in [5.74, 6) is -0.0990. The van der Waals surface area contributed by atoms with E-state index in [9.17, 15) is 4.79 Å². The van der Waals surface area contributed by atoms with E-state index in [0.29, 0.717) is 13.0 Å². The van der Waals surface area contributed by atoms with E-state index in [2.05, 4.69) is 45.8 Å². The lowest BCUT2D eigenvalue weighted by molar-refractivity contribution is -0.143. The maximum Gasteiger partial charge on any atom is 0.314 e. The Bertz CT molecular complexity index is 305. The largest absolute Gasteiger partial charge is 0.466 e. The number of carbonyl (C=O) groups is 1. The van der Waals surface area contributed by atoms with Gasteiger partial charge in [0.1, 0.15) is 0 Å². The van der Waals surface area contributed by atoms with Gasteiger partial charge >= 0.3 is 14.5 Å². The van der Waals surface area contributed by atoms with Crippen LogP contribution in [-0.2, 0) is 17.8 Å². The van der Waals surface area contributed by atoms with Gasteiger partial charge in [0.2, 0.25) is 0 Å². The quantitative estimate of drug-likeness (QED) is 0.331. The van der Waals surface area contributed by atoms with Crippen molar-refractivity contribution < 1.29 is 17.8 Å². The van der Waals surface area contributed by atoms with E-state index in [1.807, 2.05) is 6.92 Å². The lowest BCUT2D eigenvalue weighted by atomic mass is 10.2. The van der Waals surface area contributed by atoms with Crippen LogP contribution in [0.4, 0.5) is 0 Å². The minimum absolute atomic E-state index is 0.0990. The molecule has 0 amide bonds. The minimum atomic E-state index is -2.14. The number of carbonyl (C=O) groups excluding carboxylic acids is 1. The topological polar surface area (TPSA) is 44.8 Å². The van der Waals surface area contributed by atoms with Gasteiger partial charge in [-0.05, 0) is 65.2 Å². The van der Waals surface area contributed by atoms with Crippen LogP contribution in [0.5, 0.6) is 0 Å². The van der Waals surface area contributed by atoms with Crippen LogP contribution in [0.25, 0.3) is 0 Å². The zero-order valence-corrected chi connectivity index (χ0v) is 18.2. The number of esters is 1. The van der Waals surface area contributed by atoms with Crippen LogP contribution in [0, 0.1) is 0 Å². The van der Waals surface area contributed by atoms with Crippen LogP contribution in [-0.4, -0.2) is 37.8 Å². The highest BCUT2D eigenvalue weighted by Crippen LogP contribution is 2.26. The van der Waals surface area contributed by atoms with Crippen LogP contribution in [0.1, 0.15) is 26.2 Å². The van der Waals surface area contributed by atoms with Crippen molar-refractivity contribution in [3.63, 3.8) is 0 Å². The van der Waals surface area contributed by atoms with Crippen molar-refractivity contribution in [3.05, 3.63) is 0 Å². The predicted molar refractivity (Wildman–Crippen MR) is 95.8 cm³/mol. The van der Waals surface area contributed by atoms with Crippen molar-refractivity contribution >= 4 is 31.2 Å². The average Bonchev–Trinajstić information content (AvgIpc) is 2.19. The van der Waals surface area contributed by atoms with Gasteiger partial charge in [0.25, 0.3) is 0 Å². The Morgan fingerprint density at radius 2 is 1.33 bits per heavy atom. The molecule has 4 nitrogen and oxygen atoms in total. The first-order valence-electron chi connectivity index (χ1n) is 7.93. The Morgan fingerprint density at radius 3 is 1.71 bits per heavy atom. The van der Waals surface area contributed by atoms with E-state index in [4.69, 9.17) is 13.0 Å². The van der Waals surface area contributed by atoms with Gasteiger partial charge in [-0.25, -0.2) is 0 Å². The highest BCUT2D eigenvalue weighted by Gasteiger charge is 2.39. The van der Waals surface area contributed by atoms with Crippen molar-refractivity contribution in [1.29, 1.82) is 0 Å². The molecule has 0 heterocycles. The first kappa shape index (κ1) is 21.0. The maximum atomic E-state index is 11.4. The highest BCUT2D eigenvalue weighted by atomic mass is 28.5. The molecule has 0 spiro atoms. The summed E-state index contributed by atoms with van der Waals surface area (Å²) in [6.07, 6.45) is 2.32. The molecule has 0 atom stereocenters. The van der Waals surface area contributed by atoms with Crippen LogP contribution >= 0.6 is 0 Å². The number of hydrogen-bond donors (Lipinski definition) is 0. The Morgan fingerprint density at radius 1 is 0.857 bits per heavy atom. The Balaban J connectivity index is 4.45. The van der Waals surface area contributed by atoms with Gasteiger partial charge in [0.05, 0.1) is 6.61 Å². The van der Waals surface area contributed by atoms with Crippen molar-refractivity contribution in [3.8, 4) is 0 Å². The zero-order valence-electron chi connectivity index (χ0n) is 15.2. The van der Waals surface area contributed by atoms with Gasteiger partial charge in [0, 0.05) is 6.42 Å². The Hall–Kier alpha value is 0.0406. The molecule has 0 bridgehead atoms. The lowest BCUT2D eigenvalue weighted by Gasteiger charge is -2.38. The molecule has 21 heavy (non-hydrogen) atoms. The van der Waals surface area contributed by atoms with Gasteiger partial charge in [-0.1, -0.05) is 6.42 Å². The number of ether oxygens (including phenoxy) is 1. The zero-order chi connectivity index (χ0) is 16.7. The molecule has 0 rings (SSSR count). The van der Waals surface area contributed by atoms with Crippen LogP contribution in [0.3, 0.4) is 0 Å². The van der Waals surface area contributed by atoms with Crippen LogP contribution in [0.2, 0.25) is 51.9 Å². The van der Waals surface area contributed by atoms with Crippen molar-refractivity contribution in [1.82, 2.24) is 0 Å².